The van der Waals surface area contributed by atoms with Crippen LogP contribution in [-0.2, 0) is 0 Å². The van der Waals surface area contributed by atoms with E-state index in [0.29, 0.717) is 15.7 Å². The second-order valence-corrected chi connectivity index (χ2v) is 9.00. The highest BCUT2D eigenvalue weighted by molar-refractivity contribution is 7.15. The summed E-state index contributed by atoms with van der Waals surface area (Å²) < 4.78 is 5.87. The first kappa shape index (κ1) is 20.3. The Morgan fingerprint density at radius 2 is 1.88 bits per heavy atom. The third-order valence-electron chi connectivity index (χ3n) is 5.48. The number of amides is 1. The van der Waals surface area contributed by atoms with Gasteiger partial charge in [-0.2, -0.15) is 0 Å². The van der Waals surface area contributed by atoms with Gasteiger partial charge in [0.15, 0.2) is 10.6 Å². The lowest BCUT2D eigenvalue weighted by Gasteiger charge is -2.22. The van der Waals surface area contributed by atoms with Gasteiger partial charge in [-0.25, -0.2) is 4.98 Å². The summed E-state index contributed by atoms with van der Waals surface area (Å²) in [6.07, 6.45) is 0. The number of aromatic nitrogens is 1. The van der Waals surface area contributed by atoms with Crippen molar-refractivity contribution >= 4 is 50.6 Å². The van der Waals surface area contributed by atoms with E-state index in [4.69, 9.17) is 16.0 Å². The molecular formula is C22H14ClN3O5S. The van der Waals surface area contributed by atoms with Crippen molar-refractivity contribution < 1.29 is 14.1 Å². The molecule has 160 valence electrons. The van der Waals surface area contributed by atoms with E-state index < -0.39 is 16.9 Å². The van der Waals surface area contributed by atoms with Gasteiger partial charge >= 0.3 is 0 Å². The van der Waals surface area contributed by atoms with Gasteiger partial charge in [0, 0.05) is 22.0 Å². The van der Waals surface area contributed by atoms with Crippen LogP contribution >= 0.6 is 22.9 Å². The van der Waals surface area contributed by atoms with Gasteiger partial charge in [0.1, 0.15) is 5.58 Å². The van der Waals surface area contributed by atoms with E-state index >= 15 is 0 Å². The summed E-state index contributed by atoms with van der Waals surface area (Å²) in [4.78, 5) is 44.4. The number of anilines is 1. The molecule has 1 aliphatic heterocycles. The molecule has 4 aromatic rings. The fraction of sp³-hybridized carbons (Fsp3) is 0.136. The Labute approximate surface area is 189 Å². The first-order chi connectivity index (χ1) is 15.3. The summed E-state index contributed by atoms with van der Waals surface area (Å²) >= 11 is 7.41. The van der Waals surface area contributed by atoms with Crippen LogP contribution < -0.4 is 10.3 Å². The maximum atomic E-state index is 13.5. The van der Waals surface area contributed by atoms with Crippen molar-refractivity contribution in [2.45, 2.75) is 19.9 Å². The molecule has 5 rings (SSSR count). The Morgan fingerprint density at radius 3 is 2.50 bits per heavy atom. The molecule has 2 aromatic carbocycles. The number of benzene rings is 2. The molecule has 0 spiro atoms. The Bertz CT molecular complexity index is 1470. The van der Waals surface area contributed by atoms with Gasteiger partial charge in [-0.1, -0.05) is 11.6 Å². The molecule has 0 radical (unpaired) electrons. The lowest BCUT2D eigenvalue weighted by Crippen LogP contribution is -2.29. The average molecular weight is 468 g/mol. The van der Waals surface area contributed by atoms with E-state index in [1.165, 1.54) is 46.6 Å². The van der Waals surface area contributed by atoms with Crippen LogP contribution in [0.2, 0.25) is 5.02 Å². The molecule has 8 nitrogen and oxygen atoms in total. The van der Waals surface area contributed by atoms with Crippen LogP contribution in [0.25, 0.3) is 11.0 Å². The van der Waals surface area contributed by atoms with Gasteiger partial charge in [-0.15, -0.1) is 11.3 Å². The summed E-state index contributed by atoms with van der Waals surface area (Å²) in [6.45, 7) is 3.73. The van der Waals surface area contributed by atoms with Crippen molar-refractivity contribution in [3.05, 3.63) is 95.3 Å². The summed E-state index contributed by atoms with van der Waals surface area (Å²) in [5.74, 6) is -0.565. The number of nitro benzene ring substituents is 1. The van der Waals surface area contributed by atoms with Crippen molar-refractivity contribution in [2.75, 3.05) is 4.90 Å². The van der Waals surface area contributed by atoms with Gasteiger partial charge in [-0.3, -0.25) is 24.6 Å². The molecule has 0 bridgehead atoms. The zero-order valence-electron chi connectivity index (χ0n) is 16.8. The van der Waals surface area contributed by atoms with Crippen LogP contribution in [0, 0.1) is 24.0 Å². The Balaban J connectivity index is 1.79. The minimum absolute atomic E-state index is 0.0707. The summed E-state index contributed by atoms with van der Waals surface area (Å²) in [5, 5.41) is 12.1. The highest BCUT2D eigenvalue weighted by atomic mass is 35.5. The highest BCUT2D eigenvalue weighted by Crippen LogP contribution is 2.43. The van der Waals surface area contributed by atoms with E-state index in [9.17, 15) is 19.7 Å². The number of carbonyl (C=O) groups is 1. The molecule has 0 aliphatic carbocycles. The Morgan fingerprint density at radius 1 is 1.16 bits per heavy atom. The van der Waals surface area contributed by atoms with Crippen molar-refractivity contribution in [1.29, 1.82) is 0 Å². The van der Waals surface area contributed by atoms with Gasteiger partial charge in [0.05, 0.1) is 27.6 Å². The first-order valence-electron chi connectivity index (χ1n) is 9.54. The van der Waals surface area contributed by atoms with Gasteiger partial charge in [-0.05, 0) is 49.7 Å². The second-order valence-electron chi connectivity index (χ2n) is 7.38. The third kappa shape index (κ3) is 3.01. The molecular weight excluding hydrogens is 454 g/mol. The normalized spacial score (nSPS) is 15.4. The van der Waals surface area contributed by atoms with E-state index in [-0.39, 0.29) is 33.4 Å². The van der Waals surface area contributed by atoms with Crippen LogP contribution in [-0.4, -0.2) is 15.8 Å². The van der Waals surface area contributed by atoms with Crippen LogP contribution in [0.3, 0.4) is 0 Å². The van der Waals surface area contributed by atoms with Gasteiger partial charge in [0.25, 0.3) is 11.6 Å². The number of hydrogen-bond donors (Lipinski definition) is 0. The second kappa shape index (κ2) is 7.25. The zero-order valence-corrected chi connectivity index (χ0v) is 18.4. The lowest BCUT2D eigenvalue weighted by atomic mass is 9.98. The molecule has 0 fully saturated rings. The van der Waals surface area contributed by atoms with Crippen LogP contribution in [0.5, 0.6) is 0 Å². The number of aryl methyl sites for hydroxylation is 2. The monoisotopic (exact) mass is 467 g/mol. The molecule has 1 atom stereocenters. The number of nitro groups is 1. The number of rotatable bonds is 3. The maximum Gasteiger partial charge on any atom is 0.297 e. The number of thiazole rings is 1. The molecule has 1 amide bonds. The highest BCUT2D eigenvalue weighted by Gasteiger charge is 2.45. The zero-order chi connectivity index (χ0) is 22.7. The maximum absolute atomic E-state index is 13.5. The molecule has 1 aliphatic rings. The summed E-state index contributed by atoms with van der Waals surface area (Å²) in [5.41, 5.74) is 1.23. The molecule has 0 saturated carbocycles. The van der Waals surface area contributed by atoms with Gasteiger partial charge in [0.2, 0.25) is 5.76 Å². The molecule has 3 heterocycles. The summed E-state index contributed by atoms with van der Waals surface area (Å²) in [6, 6.07) is 9.54. The quantitative estimate of drug-likeness (QED) is 0.303. The SMILES string of the molecule is Cc1nc(N2C(=O)c3oc4ccc(Cl)cc4c(=O)c3[C@H]2c2ccc([N+](=O)[O-])cc2)sc1C. The number of fused-ring (bicyclic) bond motifs is 2. The number of carbonyl (C=O) groups excluding carboxylic acids is 1. The Kier molecular flexibility index (Phi) is 4.61. The molecule has 32 heavy (non-hydrogen) atoms. The largest absolute Gasteiger partial charge is 0.450 e. The molecule has 2 aromatic heterocycles. The summed E-state index contributed by atoms with van der Waals surface area (Å²) in [7, 11) is 0. The minimum atomic E-state index is -0.845. The topological polar surface area (TPSA) is 107 Å². The minimum Gasteiger partial charge on any atom is -0.450 e. The standard InChI is InChI=1S/C22H14ClN3O5S/c1-10-11(2)32-22(24-10)25-18(12-3-6-14(7-4-12)26(29)30)17-19(27)15-9-13(23)5-8-16(15)31-20(17)21(25)28/h3-9,18H,1-2H3/t18-/m1/s1. The first-order valence-corrected chi connectivity index (χ1v) is 10.7. The van der Waals surface area contributed by atoms with Crippen LogP contribution in [0.4, 0.5) is 10.8 Å². The van der Waals surface area contributed by atoms with E-state index in [0.717, 1.165) is 10.6 Å². The Hall–Kier alpha value is -3.56. The lowest BCUT2D eigenvalue weighted by molar-refractivity contribution is -0.384. The van der Waals surface area contributed by atoms with Gasteiger partial charge < -0.3 is 4.42 Å². The number of non-ortho nitro benzene ring substituents is 1. The average Bonchev–Trinajstić information content (AvgIpc) is 3.25. The predicted molar refractivity (Wildman–Crippen MR) is 121 cm³/mol. The van der Waals surface area contributed by atoms with E-state index in [1.807, 2.05) is 13.8 Å². The van der Waals surface area contributed by atoms with E-state index in [1.54, 1.807) is 12.1 Å². The third-order valence-corrected chi connectivity index (χ3v) is 6.78. The smallest absolute Gasteiger partial charge is 0.297 e. The number of hydrogen-bond acceptors (Lipinski definition) is 7. The van der Waals surface area contributed by atoms with Crippen LogP contribution in [0.15, 0.2) is 51.7 Å². The number of nitrogens with zero attached hydrogens (tertiary/aromatic N) is 3. The van der Waals surface area contributed by atoms with Crippen molar-refractivity contribution in [1.82, 2.24) is 4.98 Å². The van der Waals surface area contributed by atoms with Crippen molar-refractivity contribution in [3.8, 4) is 0 Å². The van der Waals surface area contributed by atoms with Crippen molar-refractivity contribution in [2.24, 2.45) is 0 Å². The van der Waals surface area contributed by atoms with E-state index in [2.05, 4.69) is 4.98 Å². The molecule has 10 heteroatoms. The number of halogens is 1. The molecule has 0 saturated heterocycles. The fourth-order valence-corrected chi connectivity index (χ4v) is 4.90. The predicted octanol–water partition coefficient (Wildman–Crippen LogP) is 5.18. The molecule has 0 N–H and O–H groups in total. The van der Waals surface area contributed by atoms with Crippen molar-refractivity contribution in [3.63, 3.8) is 0 Å². The molecule has 0 unspecified atom stereocenters. The fourth-order valence-electron chi connectivity index (χ4n) is 3.79. The van der Waals surface area contributed by atoms with Crippen LogP contribution in [0.1, 0.15) is 38.3 Å².